The number of H-pyrrole nitrogens is 1. The molecule has 6 rings (SSSR count). The van der Waals surface area contributed by atoms with Crippen molar-refractivity contribution in [1.29, 1.82) is 0 Å². The smallest absolute Gasteiger partial charge is 0.410 e. The van der Waals surface area contributed by atoms with Crippen LogP contribution in [0.5, 0.6) is 5.75 Å². The molecule has 11 nitrogen and oxygen atoms in total. The SMILES string of the molecule is CC(C)(C)OC(=O)N1CCC[C@H](NC(=O)c2c[nH]c3c(C4=COC(c5cccc(OCC6CC6)c5)O4)ncnc23)C1. The number of aromatic nitrogens is 3. The molecule has 2 atom stereocenters. The highest BCUT2D eigenvalue weighted by Crippen LogP contribution is 2.36. The lowest BCUT2D eigenvalue weighted by molar-refractivity contribution is -0.0173. The van der Waals surface area contributed by atoms with Gasteiger partial charge in [-0.15, -0.1) is 0 Å². The maximum Gasteiger partial charge on any atom is 0.410 e. The predicted octanol–water partition coefficient (Wildman–Crippen LogP) is 4.92. The molecule has 1 saturated heterocycles. The Labute approximate surface area is 238 Å². The first-order chi connectivity index (χ1) is 19.7. The van der Waals surface area contributed by atoms with E-state index in [1.807, 2.05) is 45.0 Å². The van der Waals surface area contributed by atoms with E-state index in [-0.39, 0.29) is 18.0 Å². The molecule has 0 bridgehead atoms. The zero-order valence-corrected chi connectivity index (χ0v) is 23.5. The summed E-state index contributed by atoms with van der Waals surface area (Å²) in [6.07, 6.45) is 7.51. The summed E-state index contributed by atoms with van der Waals surface area (Å²) in [4.78, 5) is 39.4. The summed E-state index contributed by atoms with van der Waals surface area (Å²) in [5.41, 5.74) is 2.16. The van der Waals surface area contributed by atoms with Crippen LogP contribution in [0.4, 0.5) is 4.79 Å². The molecule has 1 aliphatic carbocycles. The van der Waals surface area contributed by atoms with Crippen LogP contribution in [0.15, 0.2) is 43.1 Å². The van der Waals surface area contributed by atoms with Gasteiger partial charge in [0.15, 0.2) is 5.76 Å². The van der Waals surface area contributed by atoms with Gasteiger partial charge >= 0.3 is 6.09 Å². The van der Waals surface area contributed by atoms with Crippen molar-refractivity contribution >= 4 is 28.8 Å². The van der Waals surface area contributed by atoms with Crippen LogP contribution >= 0.6 is 0 Å². The van der Waals surface area contributed by atoms with Crippen molar-refractivity contribution in [3.8, 4) is 5.75 Å². The van der Waals surface area contributed by atoms with E-state index in [2.05, 4.69) is 20.3 Å². The molecule has 0 spiro atoms. The molecular weight excluding hydrogens is 526 g/mol. The number of hydrogen-bond donors (Lipinski definition) is 2. The summed E-state index contributed by atoms with van der Waals surface area (Å²) in [6, 6.07) is 7.49. The number of rotatable bonds is 7. The maximum atomic E-state index is 13.3. The zero-order valence-electron chi connectivity index (χ0n) is 23.5. The average molecular weight is 562 g/mol. The molecule has 2 fully saturated rings. The number of likely N-dealkylation sites (tertiary alicyclic amines) is 1. The minimum atomic E-state index is -0.642. The number of ether oxygens (including phenoxy) is 4. The van der Waals surface area contributed by atoms with Crippen molar-refractivity contribution in [3.63, 3.8) is 0 Å². The molecule has 3 aromatic rings. The minimum absolute atomic E-state index is 0.200. The Bertz CT molecular complexity index is 1470. The first-order valence-corrected chi connectivity index (χ1v) is 14.1. The fourth-order valence-electron chi connectivity index (χ4n) is 4.95. The Morgan fingerprint density at radius 2 is 2.05 bits per heavy atom. The summed E-state index contributed by atoms with van der Waals surface area (Å²) in [5.74, 6) is 1.59. The van der Waals surface area contributed by atoms with E-state index < -0.39 is 11.9 Å². The highest BCUT2D eigenvalue weighted by Gasteiger charge is 2.30. The third-order valence-corrected chi connectivity index (χ3v) is 7.20. The molecule has 2 amide bonds. The number of piperidine rings is 1. The standard InChI is InChI=1S/C30H35N5O6/c1-30(2,3)41-29(37)35-11-5-7-20(14-35)34-27(36)22-13-31-26-24(22)32-17-33-25(26)23-16-39-28(40-23)19-6-4-8-21(12-19)38-15-18-9-10-18/h4,6,8,12-13,16-18,20,28,31H,5,7,9-11,14-15H2,1-3H3,(H,34,36)/t20-,28?/m0/s1. The van der Waals surface area contributed by atoms with Crippen molar-refractivity contribution in [1.82, 2.24) is 25.2 Å². The number of carbonyl (C=O) groups excluding carboxylic acids is 2. The molecule has 4 heterocycles. The molecule has 11 heteroatoms. The molecule has 1 saturated carbocycles. The topological polar surface area (TPSA) is 128 Å². The van der Waals surface area contributed by atoms with Gasteiger partial charge in [0.25, 0.3) is 12.2 Å². The van der Waals surface area contributed by atoms with Gasteiger partial charge in [-0.3, -0.25) is 4.79 Å². The highest BCUT2D eigenvalue weighted by atomic mass is 16.7. The molecule has 1 unspecified atom stereocenters. The van der Waals surface area contributed by atoms with E-state index in [1.165, 1.54) is 25.4 Å². The maximum absolute atomic E-state index is 13.3. The van der Waals surface area contributed by atoms with Crippen molar-refractivity contribution in [2.24, 2.45) is 5.92 Å². The second kappa shape index (κ2) is 10.9. The number of nitrogens with one attached hydrogen (secondary N) is 2. The largest absolute Gasteiger partial charge is 0.493 e. The number of carbonyl (C=O) groups is 2. The van der Waals surface area contributed by atoms with Gasteiger partial charge in [0.1, 0.15) is 35.2 Å². The summed E-state index contributed by atoms with van der Waals surface area (Å²) in [5, 5.41) is 3.05. The minimum Gasteiger partial charge on any atom is -0.493 e. The fraction of sp³-hybridized carbons (Fsp3) is 0.467. The Balaban J connectivity index is 1.12. The van der Waals surface area contributed by atoms with Crippen molar-refractivity contribution in [2.75, 3.05) is 19.7 Å². The number of nitrogens with zero attached hydrogens (tertiary/aromatic N) is 3. The van der Waals surface area contributed by atoms with Crippen LogP contribution in [0.3, 0.4) is 0 Å². The van der Waals surface area contributed by atoms with Gasteiger partial charge in [-0.2, -0.15) is 0 Å². The second-order valence-electron chi connectivity index (χ2n) is 11.8. The van der Waals surface area contributed by atoms with Crippen LogP contribution < -0.4 is 10.1 Å². The first kappa shape index (κ1) is 26.9. The summed E-state index contributed by atoms with van der Waals surface area (Å²) in [6.45, 7) is 7.22. The van der Waals surface area contributed by atoms with Gasteiger partial charge < -0.3 is 34.1 Å². The second-order valence-corrected chi connectivity index (χ2v) is 11.8. The normalized spacial score (nSPS) is 20.7. The van der Waals surface area contributed by atoms with Crippen LogP contribution in [0, 0.1) is 5.92 Å². The molecule has 0 radical (unpaired) electrons. The van der Waals surface area contributed by atoms with E-state index in [4.69, 9.17) is 18.9 Å². The van der Waals surface area contributed by atoms with Crippen LogP contribution in [0.2, 0.25) is 0 Å². The van der Waals surface area contributed by atoms with E-state index >= 15 is 0 Å². The number of benzene rings is 1. The van der Waals surface area contributed by atoms with Gasteiger partial charge in [0.2, 0.25) is 0 Å². The van der Waals surface area contributed by atoms with Gasteiger partial charge in [0.05, 0.1) is 17.7 Å². The monoisotopic (exact) mass is 561 g/mol. The third-order valence-electron chi connectivity index (χ3n) is 7.20. The van der Waals surface area contributed by atoms with Gasteiger partial charge in [-0.05, 0) is 64.5 Å². The van der Waals surface area contributed by atoms with Crippen LogP contribution in [0.25, 0.3) is 16.8 Å². The molecule has 216 valence electrons. The molecule has 3 aliphatic rings. The lowest BCUT2D eigenvalue weighted by Crippen LogP contribution is -2.50. The average Bonchev–Trinajstić information content (AvgIpc) is 3.46. The molecule has 2 aromatic heterocycles. The number of aromatic amines is 1. The Morgan fingerprint density at radius 1 is 1.20 bits per heavy atom. The highest BCUT2D eigenvalue weighted by molar-refractivity contribution is 6.06. The fourth-order valence-corrected chi connectivity index (χ4v) is 4.95. The van der Waals surface area contributed by atoms with Gasteiger partial charge in [0, 0.05) is 30.9 Å². The van der Waals surface area contributed by atoms with Gasteiger partial charge in [-0.25, -0.2) is 14.8 Å². The summed E-state index contributed by atoms with van der Waals surface area (Å²) < 4.78 is 23.3. The van der Waals surface area contributed by atoms with Crippen LogP contribution in [-0.2, 0) is 14.2 Å². The Kier molecular flexibility index (Phi) is 7.19. The summed E-state index contributed by atoms with van der Waals surface area (Å²) >= 11 is 0. The Morgan fingerprint density at radius 3 is 2.85 bits per heavy atom. The van der Waals surface area contributed by atoms with E-state index in [0.717, 1.165) is 30.8 Å². The number of hydrogen-bond acceptors (Lipinski definition) is 8. The number of fused-ring (bicyclic) bond motifs is 1. The van der Waals surface area contributed by atoms with Crippen LogP contribution in [-0.4, -0.2) is 63.2 Å². The molecular formula is C30H35N5O6. The van der Waals surface area contributed by atoms with Crippen LogP contribution in [0.1, 0.15) is 74.4 Å². The van der Waals surface area contributed by atoms with E-state index in [0.29, 0.717) is 47.1 Å². The lowest BCUT2D eigenvalue weighted by Gasteiger charge is -2.34. The first-order valence-electron chi connectivity index (χ1n) is 14.1. The lowest BCUT2D eigenvalue weighted by atomic mass is 10.1. The van der Waals surface area contributed by atoms with Crippen molar-refractivity contribution < 1.29 is 28.5 Å². The predicted molar refractivity (Wildman–Crippen MR) is 150 cm³/mol. The van der Waals surface area contributed by atoms with E-state index in [1.54, 1.807) is 11.1 Å². The third kappa shape index (κ3) is 6.23. The van der Waals surface area contributed by atoms with Gasteiger partial charge in [-0.1, -0.05) is 12.1 Å². The van der Waals surface area contributed by atoms with E-state index in [9.17, 15) is 9.59 Å². The van der Waals surface area contributed by atoms with Crippen molar-refractivity contribution in [3.05, 3.63) is 59.9 Å². The van der Waals surface area contributed by atoms with Crippen molar-refractivity contribution in [2.45, 2.75) is 64.4 Å². The molecule has 2 N–H and O–H groups in total. The molecule has 2 aliphatic heterocycles. The Hall–Kier alpha value is -4.28. The molecule has 1 aromatic carbocycles. The zero-order chi connectivity index (χ0) is 28.6. The molecule has 41 heavy (non-hydrogen) atoms. The summed E-state index contributed by atoms with van der Waals surface area (Å²) in [7, 11) is 0. The number of amides is 2. The quantitative estimate of drug-likeness (QED) is 0.416.